The molecule has 0 bridgehead atoms. The van der Waals surface area contributed by atoms with Crippen LogP contribution in [0.15, 0.2) is 58.0 Å². The molecule has 0 atom stereocenters. The molecule has 0 unspecified atom stereocenters. The quantitative estimate of drug-likeness (QED) is 0.761. The van der Waals surface area contributed by atoms with Gasteiger partial charge in [0, 0.05) is 9.86 Å². The van der Waals surface area contributed by atoms with Crippen molar-refractivity contribution in [3.05, 3.63) is 53.1 Å². The zero-order valence-corrected chi connectivity index (χ0v) is 12.6. The maximum Gasteiger partial charge on any atom is 0.263 e. The lowest BCUT2D eigenvalue weighted by Gasteiger charge is -2.10. The fraction of sp³-hybridized carbons (Fsp3) is 0. The molecule has 5 nitrogen and oxygen atoms in total. The van der Waals surface area contributed by atoms with Crippen LogP contribution in [0.2, 0.25) is 0 Å². The predicted octanol–water partition coefficient (Wildman–Crippen LogP) is 3.13. The van der Waals surface area contributed by atoms with Gasteiger partial charge in [0.05, 0.1) is 17.4 Å². The van der Waals surface area contributed by atoms with Gasteiger partial charge in [0.2, 0.25) is 0 Å². The Balaban J connectivity index is 2.06. The molecule has 102 valence electrons. The van der Waals surface area contributed by atoms with Crippen molar-refractivity contribution >= 4 is 42.5 Å². The average Bonchev–Trinajstić information content (AvgIpc) is 2.88. The molecule has 0 aliphatic heterocycles. The van der Waals surface area contributed by atoms with Crippen LogP contribution in [0.25, 0.3) is 10.9 Å². The van der Waals surface area contributed by atoms with Crippen LogP contribution in [0.4, 0.5) is 5.69 Å². The normalized spacial score (nSPS) is 11.7. The van der Waals surface area contributed by atoms with E-state index in [9.17, 15) is 8.42 Å². The molecule has 3 rings (SSSR count). The lowest BCUT2D eigenvalue weighted by molar-refractivity contribution is 0.601. The Labute approximate surface area is 124 Å². The van der Waals surface area contributed by atoms with Gasteiger partial charge in [0.25, 0.3) is 10.0 Å². The maximum atomic E-state index is 12.4. The predicted molar refractivity (Wildman–Crippen MR) is 81.0 cm³/mol. The minimum Gasteiger partial charge on any atom is -0.277 e. The van der Waals surface area contributed by atoms with Crippen molar-refractivity contribution in [1.82, 2.24) is 10.2 Å². The standard InChI is InChI=1S/C13H10BrN3O2S/c14-10-5-1-2-7-12(10)20(18,19)17-11-6-3-4-9-8-15-16-13(9)11/h1-8,17H,(H,15,16). The first kappa shape index (κ1) is 13.1. The molecule has 0 radical (unpaired) electrons. The molecular formula is C13H10BrN3O2S. The van der Waals surface area contributed by atoms with E-state index in [4.69, 9.17) is 0 Å². The van der Waals surface area contributed by atoms with Crippen molar-refractivity contribution < 1.29 is 8.42 Å². The molecule has 0 amide bonds. The fourth-order valence-corrected chi connectivity index (χ4v) is 3.99. The summed E-state index contributed by atoms with van der Waals surface area (Å²) in [5.74, 6) is 0. The monoisotopic (exact) mass is 351 g/mol. The molecule has 2 N–H and O–H groups in total. The van der Waals surface area contributed by atoms with Gasteiger partial charge in [-0.15, -0.1) is 0 Å². The van der Waals surface area contributed by atoms with Crippen molar-refractivity contribution in [2.45, 2.75) is 4.90 Å². The second-order valence-electron chi connectivity index (χ2n) is 4.18. The Bertz CT molecular complexity index is 874. The summed E-state index contributed by atoms with van der Waals surface area (Å²) in [7, 11) is -3.66. The van der Waals surface area contributed by atoms with Gasteiger partial charge < -0.3 is 0 Å². The molecule has 1 aromatic heterocycles. The minimum atomic E-state index is -3.66. The maximum absolute atomic E-state index is 12.4. The molecule has 0 aliphatic rings. The third-order valence-electron chi connectivity index (χ3n) is 2.85. The van der Waals surface area contributed by atoms with E-state index in [1.165, 1.54) is 0 Å². The summed E-state index contributed by atoms with van der Waals surface area (Å²) in [6.07, 6.45) is 1.64. The Morgan fingerprint density at radius 1 is 1.10 bits per heavy atom. The zero-order valence-electron chi connectivity index (χ0n) is 10.2. The zero-order chi connectivity index (χ0) is 14.2. The molecule has 2 aromatic carbocycles. The van der Waals surface area contributed by atoms with E-state index >= 15 is 0 Å². The van der Waals surface area contributed by atoms with Crippen LogP contribution in [0.1, 0.15) is 0 Å². The first-order valence-corrected chi connectivity index (χ1v) is 8.05. The first-order chi connectivity index (χ1) is 9.58. The second kappa shape index (κ2) is 4.92. The number of H-pyrrole nitrogens is 1. The summed E-state index contributed by atoms with van der Waals surface area (Å²) in [5.41, 5.74) is 1.12. The van der Waals surface area contributed by atoms with Crippen LogP contribution in [0, 0.1) is 0 Å². The Hall–Kier alpha value is -1.86. The third-order valence-corrected chi connectivity index (χ3v) is 5.22. The van der Waals surface area contributed by atoms with E-state index in [2.05, 4.69) is 30.8 Å². The topological polar surface area (TPSA) is 74.8 Å². The van der Waals surface area contributed by atoms with E-state index < -0.39 is 10.0 Å². The number of para-hydroxylation sites is 1. The van der Waals surface area contributed by atoms with Crippen molar-refractivity contribution in [3.8, 4) is 0 Å². The molecule has 0 saturated carbocycles. The Morgan fingerprint density at radius 3 is 2.70 bits per heavy atom. The molecule has 0 saturated heterocycles. The van der Waals surface area contributed by atoms with E-state index in [1.807, 2.05) is 6.07 Å². The third kappa shape index (κ3) is 2.30. The van der Waals surface area contributed by atoms with Gasteiger partial charge in [-0.3, -0.25) is 9.82 Å². The fourth-order valence-electron chi connectivity index (χ4n) is 1.92. The summed E-state index contributed by atoms with van der Waals surface area (Å²) >= 11 is 3.25. The van der Waals surface area contributed by atoms with Gasteiger partial charge in [-0.05, 0) is 34.1 Å². The number of halogens is 1. The van der Waals surface area contributed by atoms with Crippen LogP contribution >= 0.6 is 15.9 Å². The van der Waals surface area contributed by atoms with Gasteiger partial charge in [-0.2, -0.15) is 5.10 Å². The summed E-state index contributed by atoms with van der Waals surface area (Å²) in [6.45, 7) is 0. The second-order valence-corrected chi connectivity index (χ2v) is 6.68. The minimum absolute atomic E-state index is 0.191. The summed E-state index contributed by atoms with van der Waals surface area (Å²) < 4.78 is 27.9. The number of rotatable bonds is 3. The van der Waals surface area contributed by atoms with Gasteiger partial charge >= 0.3 is 0 Å². The van der Waals surface area contributed by atoms with Crippen LogP contribution in [0.3, 0.4) is 0 Å². The highest BCUT2D eigenvalue weighted by Gasteiger charge is 2.18. The molecule has 0 spiro atoms. The van der Waals surface area contributed by atoms with E-state index in [0.717, 1.165) is 5.39 Å². The largest absolute Gasteiger partial charge is 0.277 e. The van der Waals surface area contributed by atoms with E-state index in [0.29, 0.717) is 15.7 Å². The number of nitrogens with zero attached hydrogens (tertiary/aromatic N) is 1. The number of nitrogens with one attached hydrogen (secondary N) is 2. The first-order valence-electron chi connectivity index (χ1n) is 5.77. The van der Waals surface area contributed by atoms with Gasteiger partial charge in [0.1, 0.15) is 4.90 Å². The number of hydrogen-bond acceptors (Lipinski definition) is 3. The van der Waals surface area contributed by atoms with E-state index in [-0.39, 0.29) is 4.90 Å². The molecule has 3 aromatic rings. The van der Waals surface area contributed by atoms with Crippen molar-refractivity contribution in [3.63, 3.8) is 0 Å². The number of sulfonamides is 1. The van der Waals surface area contributed by atoms with Crippen LogP contribution in [-0.4, -0.2) is 18.6 Å². The molecule has 0 aliphatic carbocycles. The molecule has 20 heavy (non-hydrogen) atoms. The van der Waals surface area contributed by atoms with Crippen LogP contribution in [-0.2, 0) is 10.0 Å². The Morgan fingerprint density at radius 2 is 1.90 bits per heavy atom. The number of anilines is 1. The van der Waals surface area contributed by atoms with Crippen molar-refractivity contribution in [1.29, 1.82) is 0 Å². The number of hydrogen-bond donors (Lipinski definition) is 2. The smallest absolute Gasteiger partial charge is 0.263 e. The summed E-state index contributed by atoms with van der Waals surface area (Å²) in [4.78, 5) is 0.191. The lowest BCUT2D eigenvalue weighted by Crippen LogP contribution is -2.13. The van der Waals surface area contributed by atoms with Crippen molar-refractivity contribution in [2.75, 3.05) is 4.72 Å². The number of fused-ring (bicyclic) bond motifs is 1. The molecular weight excluding hydrogens is 342 g/mol. The molecule has 1 heterocycles. The molecule has 0 fully saturated rings. The molecule has 7 heteroatoms. The SMILES string of the molecule is O=S(=O)(Nc1cccc2cn[nH]c12)c1ccccc1Br. The number of aromatic nitrogens is 2. The highest BCUT2D eigenvalue weighted by Crippen LogP contribution is 2.26. The average molecular weight is 352 g/mol. The number of aromatic amines is 1. The van der Waals surface area contributed by atoms with Crippen molar-refractivity contribution in [2.24, 2.45) is 0 Å². The highest BCUT2D eigenvalue weighted by atomic mass is 79.9. The summed E-state index contributed by atoms with van der Waals surface area (Å²) in [5, 5.41) is 7.55. The summed E-state index contributed by atoms with van der Waals surface area (Å²) in [6, 6.07) is 12.0. The van der Waals surface area contributed by atoms with Crippen LogP contribution < -0.4 is 4.72 Å². The van der Waals surface area contributed by atoms with E-state index in [1.54, 1.807) is 42.6 Å². The van der Waals surface area contributed by atoms with Gasteiger partial charge in [0.15, 0.2) is 0 Å². The Kier molecular flexibility index (Phi) is 3.23. The number of benzene rings is 2. The van der Waals surface area contributed by atoms with Gasteiger partial charge in [-0.25, -0.2) is 8.42 Å². The lowest BCUT2D eigenvalue weighted by atomic mass is 10.2. The highest BCUT2D eigenvalue weighted by molar-refractivity contribution is 9.10. The van der Waals surface area contributed by atoms with Gasteiger partial charge in [-0.1, -0.05) is 24.3 Å². The van der Waals surface area contributed by atoms with Crippen LogP contribution in [0.5, 0.6) is 0 Å².